The van der Waals surface area contributed by atoms with Gasteiger partial charge in [0, 0.05) is 0 Å². The Hall–Kier alpha value is -0.200. The van der Waals surface area contributed by atoms with Crippen LogP contribution in [0.2, 0.25) is 0 Å². The van der Waals surface area contributed by atoms with Crippen LogP contribution in [0, 0.1) is 0 Å². The molecule has 0 aromatic heterocycles. The zero-order chi connectivity index (χ0) is 12.1. The Morgan fingerprint density at radius 1 is 1.19 bits per heavy atom. The lowest BCUT2D eigenvalue weighted by atomic mass is 9.99. The maximum absolute atomic E-state index is 9.86. The van der Waals surface area contributed by atoms with Crippen molar-refractivity contribution in [2.24, 2.45) is 0 Å². The van der Waals surface area contributed by atoms with Gasteiger partial charge >= 0.3 is 0 Å². The molecule has 0 aromatic rings. The van der Waals surface area contributed by atoms with E-state index in [2.05, 4.69) is 12.2 Å². The van der Waals surface area contributed by atoms with Crippen LogP contribution in [0.3, 0.4) is 0 Å². The maximum atomic E-state index is 9.86. The highest BCUT2D eigenvalue weighted by atomic mass is 16.3. The van der Waals surface area contributed by atoms with Gasteiger partial charge in [-0.15, -0.1) is 0 Å². The Kier molecular flexibility index (Phi) is 5.64. The third-order valence-corrected chi connectivity index (χ3v) is 3.25. The van der Waals surface area contributed by atoms with Crippen molar-refractivity contribution in [1.82, 2.24) is 5.32 Å². The minimum atomic E-state index is -1.01. The molecule has 1 aliphatic rings. The van der Waals surface area contributed by atoms with Crippen LogP contribution in [0.4, 0.5) is 0 Å². The van der Waals surface area contributed by atoms with Gasteiger partial charge in [0.15, 0.2) is 0 Å². The molecule has 5 heteroatoms. The SMILES string of the molecule is CCCCC[C@H](O)[C@H]1N[C@H](CO)[C@@H](O)[C@@H]1O. The van der Waals surface area contributed by atoms with Gasteiger partial charge in [0.1, 0.15) is 0 Å². The molecule has 5 nitrogen and oxygen atoms in total. The van der Waals surface area contributed by atoms with E-state index in [4.69, 9.17) is 5.11 Å². The molecule has 1 rings (SSSR count). The number of unbranched alkanes of at least 4 members (excludes halogenated alkanes) is 2. The molecule has 0 aliphatic carbocycles. The zero-order valence-corrected chi connectivity index (χ0v) is 9.71. The molecule has 1 aliphatic heterocycles. The molecule has 0 saturated carbocycles. The molecular weight excluding hydrogens is 210 g/mol. The number of aliphatic hydroxyl groups excluding tert-OH is 4. The van der Waals surface area contributed by atoms with Crippen molar-refractivity contribution >= 4 is 0 Å². The Morgan fingerprint density at radius 3 is 2.38 bits per heavy atom. The van der Waals surface area contributed by atoms with Crippen LogP contribution < -0.4 is 5.32 Å². The van der Waals surface area contributed by atoms with Crippen LogP contribution in [-0.4, -0.2) is 57.4 Å². The highest BCUT2D eigenvalue weighted by Crippen LogP contribution is 2.19. The Labute approximate surface area is 96.1 Å². The summed E-state index contributed by atoms with van der Waals surface area (Å²) >= 11 is 0. The van der Waals surface area contributed by atoms with Crippen molar-refractivity contribution in [3.63, 3.8) is 0 Å². The number of nitrogens with one attached hydrogen (secondary N) is 1. The first-order chi connectivity index (χ1) is 7.61. The molecule has 5 atom stereocenters. The summed E-state index contributed by atoms with van der Waals surface area (Å²) in [4.78, 5) is 0. The molecule has 0 unspecified atom stereocenters. The monoisotopic (exact) mass is 233 g/mol. The predicted octanol–water partition coefficient (Wildman–Crippen LogP) is -1.02. The van der Waals surface area contributed by atoms with Gasteiger partial charge in [0.2, 0.25) is 0 Å². The van der Waals surface area contributed by atoms with Crippen LogP contribution in [0.5, 0.6) is 0 Å². The molecular formula is C11H23NO4. The summed E-state index contributed by atoms with van der Waals surface area (Å²) in [6.07, 6.45) is 0.953. The van der Waals surface area contributed by atoms with Crippen LogP contribution >= 0.6 is 0 Å². The summed E-state index contributed by atoms with van der Waals surface area (Å²) in [5, 5.41) is 40.9. The summed E-state index contributed by atoms with van der Waals surface area (Å²) < 4.78 is 0. The van der Waals surface area contributed by atoms with E-state index in [9.17, 15) is 15.3 Å². The van der Waals surface area contributed by atoms with E-state index in [0.29, 0.717) is 6.42 Å². The lowest BCUT2D eigenvalue weighted by molar-refractivity contribution is -0.00441. The van der Waals surface area contributed by atoms with Gasteiger partial charge in [-0.2, -0.15) is 0 Å². The predicted molar refractivity (Wildman–Crippen MR) is 60.0 cm³/mol. The lowest BCUT2D eigenvalue weighted by Gasteiger charge is -2.22. The highest BCUT2D eigenvalue weighted by molar-refractivity contribution is 5.00. The number of aliphatic hydroxyl groups is 4. The molecule has 0 aromatic carbocycles. The van der Waals surface area contributed by atoms with Gasteiger partial charge < -0.3 is 25.7 Å². The summed E-state index contributed by atoms with van der Waals surface area (Å²) in [6.45, 7) is 1.84. The average Bonchev–Trinajstić information content (AvgIpc) is 2.56. The van der Waals surface area contributed by atoms with E-state index in [1.807, 2.05) is 0 Å². The summed E-state index contributed by atoms with van der Waals surface area (Å²) in [5.41, 5.74) is 0. The molecule has 0 radical (unpaired) electrons. The third-order valence-electron chi connectivity index (χ3n) is 3.25. The number of hydrogen-bond donors (Lipinski definition) is 5. The van der Waals surface area contributed by atoms with Crippen LogP contribution in [0.25, 0.3) is 0 Å². The molecule has 0 spiro atoms. The first-order valence-corrected chi connectivity index (χ1v) is 6.03. The van der Waals surface area contributed by atoms with Gasteiger partial charge in [-0.1, -0.05) is 26.2 Å². The smallest absolute Gasteiger partial charge is 0.0993 e. The molecule has 16 heavy (non-hydrogen) atoms. The average molecular weight is 233 g/mol. The van der Waals surface area contributed by atoms with Gasteiger partial charge in [0.25, 0.3) is 0 Å². The van der Waals surface area contributed by atoms with Crippen molar-refractivity contribution < 1.29 is 20.4 Å². The van der Waals surface area contributed by atoms with Crippen molar-refractivity contribution in [1.29, 1.82) is 0 Å². The van der Waals surface area contributed by atoms with Gasteiger partial charge in [0.05, 0.1) is 37.0 Å². The van der Waals surface area contributed by atoms with E-state index < -0.39 is 30.4 Å². The lowest BCUT2D eigenvalue weighted by Crippen LogP contribution is -2.44. The normalized spacial score (nSPS) is 36.6. The molecule has 1 heterocycles. The van der Waals surface area contributed by atoms with E-state index in [1.54, 1.807) is 0 Å². The minimum absolute atomic E-state index is 0.240. The largest absolute Gasteiger partial charge is 0.395 e. The van der Waals surface area contributed by atoms with Crippen molar-refractivity contribution in [2.45, 2.75) is 63.0 Å². The van der Waals surface area contributed by atoms with Gasteiger partial charge in [-0.3, -0.25) is 0 Å². The Balaban J connectivity index is 2.41. The first-order valence-electron chi connectivity index (χ1n) is 6.03. The quantitative estimate of drug-likeness (QED) is 0.379. The fourth-order valence-corrected chi connectivity index (χ4v) is 2.18. The van der Waals surface area contributed by atoms with Gasteiger partial charge in [-0.05, 0) is 6.42 Å². The van der Waals surface area contributed by atoms with Crippen molar-refractivity contribution in [3.8, 4) is 0 Å². The van der Waals surface area contributed by atoms with Crippen LogP contribution in [0.15, 0.2) is 0 Å². The maximum Gasteiger partial charge on any atom is 0.0993 e. The van der Waals surface area contributed by atoms with Crippen molar-refractivity contribution in [3.05, 3.63) is 0 Å². The topological polar surface area (TPSA) is 93.0 Å². The molecule has 1 saturated heterocycles. The van der Waals surface area contributed by atoms with E-state index in [0.717, 1.165) is 19.3 Å². The summed E-state index contributed by atoms with van der Waals surface area (Å²) in [7, 11) is 0. The van der Waals surface area contributed by atoms with Crippen LogP contribution in [-0.2, 0) is 0 Å². The summed E-state index contributed by atoms with van der Waals surface area (Å²) in [5.74, 6) is 0. The fourth-order valence-electron chi connectivity index (χ4n) is 2.18. The minimum Gasteiger partial charge on any atom is -0.395 e. The second-order valence-corrected chi connectivity index (χ2v) is 4.53. The van der Waals surface area contributed by atoms with E-state index in [1.165, 1.54) is 0 Å². The van der Waals surface area contributed by atoms with Gasteiger partial charge in [-0.25, -0.2) is 0 Å². The molecule has 1 fully saturated rings. The second-order valence-electron chi connectivity index (χ2n) is 4.53. The molecule has 5 N–H and O–H groups in total. The van der Waals surface area contributed by atoms with Crippen LogP contribution in [0.1, 0.15) is 32.6 Å². The van der Waals surface area contributed by atoms with Crippen molar-refractivity contribution in [2.75, 3.05) is 6.61 Å². The molecule has 0 amide bonds. The number of rotatable bonds is 6. The zero-order valence-electron chi connectivity index (χ0n) is 9.71. The third kappa shape index (κ3) is 3.15. The highest BCUT2D eigenvalue weighted by Gasteiger charge is 2.43. The Bertz CT molecular complexity index is 202. The number of hydrogen-bond acceptors (Lipinski definition) is 5. The van der Waals surface area contributed by atoms with E-state index in [-0.39, 0.29) is 6.61 Å². The molecule has 96 valence electrons. The molecule has 0 bridgehead atoms. The second kappa shape index (κ2) is 6.51. The van der Waals surface area contributed by atoms with E-state index >= 15 is 0 Å². The Morgan fingerprint density at radius 2 is 1.88 bits per heavy atom. The summed E-state index contributed by atoms with van der Waals surface area (Å²) in [6, 6.07) is -1.08. The standard InChI is InChI=1S/C11H23NO4/c1-2-3-4-5-8(14)9-11(16)10(15)7(6-13)12-9/h7-16H,2-6H2,1H3/t7-,8+,9-,10-,11-/m1/s1. The first kappa shape index (κ1) is 13.9. The fraction of sp³-hybridized carbons (Fsp3) is 1.00.